The van der Waals surface area contributed by atoms with Crippen LogP contribution in [0.5, 0.6) is 0 Å². The number of benzene rings is 1. The summed E-state index contributed by atoms with van der Waals surface area (Å²) in [5.74, 6) is 0.930. The lowest BCUT2D eigenvalue weighted by Crippen LogP contribution is -2.57. The molecule has 7 heteroatoms. The van der Waals surface area contributed by atoms with Gasteiger partial charge < -0.3 is 24.8 Å². The number of rotatable bonds is 3. The van der Waals surface area contributed by atoms with Crippen molar-refractivity contribution in [1.82, 2.24) is 15.1 Å². The average molecular weight is 374 g/mol. The minimum absolute atomic E-state index is 0.224. The normalized spacial score (nSPS) is 19.4. The monoisotopic (exact) mass is 373 g/mol. The highest BCUT2D eigenvalue weighted by atomic mass is 16.6. The van der Waals surface area contributed by atoms with E-state index in [1.54, 1.807) is 4.90 Å². The first-order valence-electron chi connectivity index (χ1n) is 9.52. The van der Waals surface area contributed by atoms with Crippen molar-refractivity contribution >= 4 is 17.7 Å². The summed E-state index contributed by atoms with van der Waals surface area (Å²) >= 11 is 0. The Morgan fingerprint density at radius 2 is 2.11 bits per heavy atom. The molecule has 0 radical (unpaired) electrons. The summed E-state index contributed by atoms with van der Waals surface area (Å²) < 4.78 is 5.50. The SMILES string of the molecule is CN(C)c1cccc(CNC2=NCC3CN(C(=O)OC(C)(C)C)CCN23)c1. The smallest absolute Gasteiger partial charge is 0.410 e. The molecule has 1 aromatic carbocycles. The molecule has 3 rings (SSSR count). The number of fused-ring (bicyclic) bond motifs is 1. The number of nitrogens with one attached hydrogen (secondary N) is 1. The summed E-state index contributed by atoms with van der Waals surface area (Å²) in [6.45, 7) is 9.21. The number of amides is 1. The van der Waals surface area contributed by atoms with Crippen molar-refractivity contribution in [3.8, 4) is 0 Å². The average Bonchev–Trinajstić information content (AvgIpc) is 3.01. The molecule has 0 aliphatic carbocycles. The number of hydrogen-bond donors (Lipinski definition) is 1. The van der Waals surface area contributed by atoms with Crippen LogP contribution in [0.25, 0.3) is 0 Å². The van der Waals surface area contributed by atoms with Crippen molar-refractivity contribution in [2.24, 2.45) is 4.99 Å². The molecule has 2 aliphatic rings. The Hall–Kier alpha value is -2.44. The van der Waals surface area contributed by atoms with Gasteiger partial charge in [-0.3, -0.25) is 4.99 Å². The third-order valence-corrected chi connectivity index (χ3v) is 4.74. The number of hydrogen-bond acceptors (Lipinski definition) is 6. The lowest BCUT2D eigenvalue weighted by molar-refractivity contribution is 0.0137. The van der Waals surface area contributed by atoms with E-state index in [9.17, 15) is 4.79 Å². The first kappa shape index (κ1) is 19.3. The van der Waals surface area contributed by atoms with E-state index in [4.69, 9.17) is 4.74 Å². The second-order valence-electron chi connectivity index (χ2n) is 8.36. The van der Waals surface area contributed by atoms with E-state index in [-0.39, 0.29) is 12.1 Å². The molecule has 1 aromatic rings. The van der Waals surface area contributed by atoms with Crippen molar-refractivity contribution < 1.29 is 9.53 Å². The number of carbonyl (C=O) groups excluding carboxylic acids is 1. The number of ether oxygens (including phenoxy) is 1. The van der Waals surface area contributed by atoms with E-state index < -0.39 is 5.60 Å². The maximum Gasteiger partial charge on any atom is 0.410 e. The number of nitrogens with zero attached hydrogens (tertiary/aromatic N) is 4. The van der Waals surface area contributed by atoms with Gasteiger partial charge in [0.1, 0.15) is 5.60 Å². The first-order valence-corrected chi connectivity index (χ1v) is 9.52. The lowest BCUT2D eigenvalue weighted by atomic mass is 10.2. The predicted molar refractivity (Wildman–Crippen MR) is 108 cm³/mol. The highest BCUT2D eigenvalue weighted by Gasteiger charge is 2.36. The van der Waals surface area contributed by atoms with E-state index in [0.717, 1.165) is 19.0 Å². The molecule has 0 aromatic heterocycles. The van der Waals surface area contributed by atoms with Crippen LogP contribution in [-0.2, 0) is 11.3 Å². The molecule has 1 fully saturated rings. The van der Waals surface area contributed by atoms with Gasteiger partial charge in [0.25, 0.3) is 0 Å². The zero-order chi connectivity index (χ0) is 19.6. The summed E-state index contributed by atoms with van der Waals surface area (Å²) in [5, 5.41) is 3.47. The first-order chi connectivity index (χ1) is 12.7. The van der Waals surface area contributed by atoms with Crippen molar-refractivity contribution in [2.45, 2.75) is 39.0 Å². The quantitative estimate of drug-likeness (QED) is 0.880. The molecule has 2 aliphatic heterocycles. The molecule has 7 nitrogen and oxygen atoms in total. The summed E-state index contributed by atoms with van der Waals surface area (Å²) in [4.78, 5) is 23.1. The lowest BCUT2D eigenvalue weighted by Gasteiger charge is -2.39. The molecule has 0 saturated carbocycles. The molecule has 1 amide bonds. The van der Waals surface area contributed by atoms with Gasteiger partial charge in [-0.1, -0.05) is 12.1 Å². The highest BCUT2D eigenvalue weighted by molar-refractivity contribution is 5.82. The molecule has 0 bridgehead atoms. The zero-order valence-electron chi connectivity index (χ0n) is 17.0. The molecule has 27 heavy (non-hydrogen) atoms. The fourth-order valence-electron chi connectivity index (χ4n) is 3.35. The molecule has 2 heterocycles. The van der Waals surface area contributed by atoms with Crippen LogP contribution < -0.4 is 10.2 Å². The Morgan fingerprint density at radius 3 is 2.81 bits per heavy atom. The van der Waals surface area contributed by atoms with Crippen LogP contribution in [0, 0.1) is 0 Å². The molecule has 1 atom stereocenters. The van der Waals surface area contributed by atoms with Crippen LogP contribution in [0.1, 0.15) is 26.3 Å². The Balaban J connectivity index is 1.53. The van der Waals surface area contributed by atoms with Crippen LogP contribution in [0.15, 0.2) is 29.3 Å². The number of piperazine rings is 1. The zero-order valence-corrected chi connectivity index (χ0v) is 17.0. The summed E-state index contributed by atoms with van der Waals surface area (Å²) in [5.41, 5.74) is 1.94. The highest BCUT2D eigenvalue weighted by Crippen LogP contribution is 2.19. The molecular weight excluding hydrogens is 342 g/mol. The van der Waals surface area contributed by atoms with Gasteiger partial charge >= 0.3 is 6.09 Å². The molecule has 148 valence electrons. The van der Waals surface area contributed by atoms with E-state index in [1.807, 2.05) is 34.9 Å². The second kappa shape index (κ2) is 7.66. The fourth-order valence-corrected chi connectivity index (χ4v) is 3.35. The number of anilines is 1. The standard InChI is InChI=1S/C20H31N5O2/c1-20(2,3)27-19(26)24-9-10-25-17(14-24)13-22-18(25)21-12-15-7-6-8-16(11-15)23(4)5/h6-8,11,17H,9-10,12-14H2,1-5H3,(H,21,22). The minimum atomic E-state index is -0.464. The molecule has 0 spiro atoms. The van der Waals surface area contributed by atoms with Gasteiger partial charge in [-0.15, -0.1) is 0 Å². The molecule has 1 saturated heterocycles. The Kier molecular flexibility index (Phi) is 5.48. The van der Waals surface area contributed by atoms with Gasteiger partial charge in [-0.05, 0) is 38.5 Å². The van der Waals surface area contributed by atoms with Crippen molar-refractivity contribution in [3.05, 3.63) is 29.8 Å². The Bertz CT molecular complexity index is 711. The van der Waals surface area contributed by atoms with Crippen molar-refractivity contribution in [3.63, 3.8) is 0 Å². The summed E-state index contributed by atoms with van der Waals surface area (Å²) in [6.07, 6.45) is -0.232. The Labute approximate surface area is 162 Å². The number of guanidine groups is 1. The fraction of sp³-hybridized carbons (Fsp3) is 0.600. The van der Waals surface area contributed by atoms with E-state index in [2.05, 4.69) is 44.4 Å². The van der Waals surface area contributed by atoms with Crippen molar-refractivity contribution in [2.75, 3.05) is 45.2 Å². The van der Waals surface area contributed by atoms with E-state index in [0.29, 0.717) is 19.6 Å². The van der Waals surface area contributed by atoms with Crippen LogP contribution >= 0.6 is 0 Å². The van der Waals surface area contributed by atoms with Gasteiger partial charge in [0, 0.05) is 46.0 Å². The number of aliphatic imine (C=N–C) groups is 1. The Morgan fingerprint density at radius 1 is 1.33 bits per heavy atom. The van der Waals surface area contributed by atoms with Gasteiger partial charge in [0.05, 0.1) is 12.6 Å². The predicted octanol–water partition coefficient (Wildman–Crippen LogP) is 2.13. The summed E-state index contributed by atoms with van der Waals surface area (Å²) in [7, 11) is 4.09. The van der Waals surface area contributed by atoms with Gasteiger partial charge in [0.15, 0.2) is 5.96 Å². The van der Waals surface area contributed by atoms with Gasteiger partial charge in [-0.2, -0.15) is 0 Å². The van der Waals surface area contributed by atoms with Crippen LogP contribution in [-0.4, -0.2) is 73.8 Å². The maximum absolute atomic E-state index is 12.3. The largest absolute Gasteiger partial charge is 0.444 e. The number of carbonyl (C=O) groups is 1. The second-order valence-corrected chi connectivity index (χ2v) is 8.36. The molecule has 1 unspecified atom stereocenters. The maximum atomic E-state index is 12.3. The van der Waals surface area contributed by atoms with E-state index >= 15 is 0 Å². The minimum Gasteiger partial charge on any atom is -0.444 e. The van der Waals surface area contributed by atoms with Crippen LogP contribution in [0.2, 0.25) is 0 Å². The van der Waals surface area contributed by atoms with Gasteiger partial charge in [0.2, 0.25) is 0 Å². The molecule has 1 N–H and O–H groups in total. The molecular formula is C20H31N5O2. The topological polar surface area (TPSA) is 60.4 Å². The van der Waals surface area contributed by atoms with Crippen LogP contribution in [0.4, 0.5) is 10.5 Å². The van der Waals surface area contributed by atoms with Crippen molar-refractivity contribution in [1.29, 1.82) is 0 Å². The van der Waals surface area contributed by atoms with Gasteiger partial charge in [-0.25, -0.2) is 4.79 Å². The van der Waals surface area contributed by atoms with E-state index in [1.165, 1.54) is 11.3 Å². The third-order valence-electron chi connectivity index (χ3n) is 4.74. The summed E-state index contributed by atoms with van der Waals surface area (Å²) in [6, 6.07) is 8.70. The third kappa shape index (κ3) is 4.84. The van der Waals surface area contributed by atoms with Crippen LogP contribution in [0.3, 0.4) is 0 Å².